The third-order valence-electron chi connectivity index (χ3n) is 3.46. The number of carbonyl (C=O) groups excluding carboxylic acids is 1. The molecule has 6 nitrogen and oxygen atoms in total. The van der Waals surface area contributed by atoms with Gasteiger partial charge in [-0.15, -0.1) is 0 Å². The molecule has 0 radical (unpaired) electrons. The van der Waals surface area contributed by atoms with Gasteiger partial charge in [-0.1, -0.05) is 18.2 Å². The van der Waals surface area contributed by atoms with Crippen LogP contribution in [0.25, 0.3) is 5.69 Å². The normalized spacial score (nSPS) is 10.5. The minimum atomic E-state index is -0.760. The fraction of sp³-hybridized carbons (Fsp3) is 0.0556. The molecule has 25 heavy (non-hydrogen) atoms. The highest BCUT2D eigenvalue weighted by Crippen LogP contribution is 2.16. The molecule has 0 aliphatic carbocycles. The summed E-state index contributed by atoms with van der Waals surface area (Å²) in [6.45, 7) is 1.85. The Morgan fingerprint density at radius 2 is 1.92 bits per heavy atom. The Morgan fingerprint density at radius 3 is 2.64 bits per heavy atom. The molecule has 0 bridgehead atoms. The van der Waals surface area contributed by atoms with Crippen molar-refractivity contribution in [3.8, 4) is 11.4 Å². The molecule has 0 spiro atoms. The van der Waals surface area contributed by atoms with Crippen LogP contribution in [0.4, 0.5) is 10.1 Å². The average Bonchev–Trinajstić information content (AvgIpc) is 2.54. The van der Waals surface area contributed by atoms with E-state index in [2.05, 4.69) is 10.4 Å². The van der Waals surface area contributed by atoms with Crippen molar-refractivity contribution in [3.63, 3.8) is 0 Å². The van der Waals surface area contributed by atoms with Crippen LogP contribution < -0.4 is 10.9 Å². The van der Waals surface area contributed by atoms with Crippen LogP contribution in [-0.2, 0) is 0 Å². The predicted octanol–water partition coefficient (Wildman–Crippen LogP) is 2.64. The quantitative estimate of drug-likeness (QED) is 0.768. The molecule has 0 saturated heterocycles. The van der Waals surface area contributed by atoms with E-state index in [1.807, 2.05) is 13.0 Å². The Labute approximate surface area is 142 Å². The van der Waals surface area contributed by atoms with Gasteiger partial charge < -0.3 is 10.4 Å². The number of hydrogen-bond donors (Lipinski definition) is 2. The van der Waals surface area contributed by atoms with E-state index in [4.69, 9.17) is 0 Å². The Morgan fingerprint density at radius 1 is 1.16 bits per heavy atom. The topological polar surface area (TPSA) is 84.2 Å². The summed E-state index contributed by atoms with van der Waals surface area (Å²) in [7, 11) is 0. The number of benzene rings is 2. The van der Waals surface area contributed by atoms with Crippen molar-refractivity contribution >= 4 is 11.6 Å². The van der Waals surface area contributed by atoms with Gasteiger partial charge in [-0.2, -0.15) is 9.78 Å². The number of aryl methyl sites for hydroxylation is 1. The molecule has 2 aromatic carbocycles. The summed E-state index contributed by atoms with van der Waals surface area (Å²) >= 11 is 0. The fourth-order valence-corrected chi connectivity index (χ4v) is 2.31. The molecule has 3 aromatic rings. The Bertz CT molecular complexity index is 1010. The summed E-state index contributed by atoms with van der Waals surface area (Å²) in [6, 6.07) is 13.2. The first kappa shape index (κ1) is 16.4. The van der Waals surface area contributed by atoms with Crippen molar-refractivity contribution in [1.82, 2.24) is 9.78 Å². The lowest BCUT2D eigenvalue weighted by Crippen LogP contribution is -2.25. The van der Waals surface area contributed by atoms with E-state index in [1.165, 1.54) is 18.2 Å². The minimum Gasteiger partial charge on any atom is -0.505 e. The van der Waals surface area contributed by atoms with Gasteiger partial charge in [0.05, 0.1) is 5.69 Å². The minimum absolute atomic E-state index is 0.208. The van der Waals surface area contributed by atoms with Gasteiger partial charge in [-0.05, 0) is 42.8 Å². The van der Waals surface area contributed by atoms with E-state index in [9.17, 15) is 19.1 Å². The van der Waals surface area contributed by atoms with Crippen molar-refractivity contribution < 1.29 is 14.3 Å². The van der Waals surface area contributed by atoms with Gasteiger partial charge in [0.1, 0.15) is 5.82 Å². The highest BCUT2D eigenvalue weighted by Gasteiger charge is 2.17. The summed E-state index contributed by atoms with van der Waals surface area (Å²) in [4.78, 5) is 24.4. The van der Waals surface area contributed by atoms with Crippen molar-refractivity contribution in [3.05, 3.63) is 82.0 Å². The molecule has 0 fully saturated rings. The molecule has 0 aliphatic heterocycles. The fourth-order valence-electron chi connectivity index (χ4n) is 2.31. The zero-order valence-electron chi connectivity index (χ0n) is 13.2. The second-order valence-corrected chi connectivity index (χ2v) is 5.43. The van der Waals surface area contributed by atoms with Crippen molar-refractivity contribution in [1.29, 1.82) is 0 Å². The van der Waals surface area contributed by atoms with Crippen LogP contribution in [0.1, 0.15) is 16.1 Å². The first-order valence-electron chi connectivity index (χ1n) is 7.41. The zero-order chi connectivity index (χ0) is 18.0. The van der Waals surface area contributed by atoms with Gasteiger partial charge in [0.2, 0.25) is 0 Å². The molecule has 1 heterocycles. The largest absolute Gasteiger partial charge is 0.505 e. The number of rotatable bonds is 3. The summed E-state index contributed by atoms with van der Waals surface area (Å²) in [5, 5.41) is 16.3. The van der Waals surface area contributed by atoms with Crippen molar-refractivity contribution in [2.24, 2.45) is 0 Å². The van der Waals surface area contributed by atoms with Gasteiger partial charge >= 0.3 is 0 Å². The molecular weight excluding hydrogens is 325 g/mol. The summed E-state index contributed by atoms with van der Waals surface area (Å²) in [5.74, 6) is -1.83. The van der Waals surface area contributed by atoms with E-state index in [0.717, 1.165) is 22.4 Å². The molecule has 7 heteroatoms. The van der Waals surface area contributed by atoms with Crippen LogP contribution in [0.5, 0.6) is 5.75 Å². The molecule has 0 aliphatic rings. The van der Waals surface area contributed by atoms with Crippen LogP contribution in [-0.4, -0.2) is 20.8 Å². The molecular formula is C18H14FN3O3. The Hall–Kier alpha value is -3.48. The average molecular weight is 339 g/mol. The first-order valence-corrected chi connectivity index (χ1v) is 7.41. The molecule has 1 amide bonds. The maximum atomic E-state index is 13.2. The molecule has 1 aromatic heterocycles. The maximum absolute atomic E-state index is 13.2. The van der Waals surface area contributed by atoms with Crippen LogP contribution >= 0.6 is 0 Å². The summed E-state index contributed by atoms with van der Waals surface area (Å²) < 4.78 is 14.2. The van der Waals surface area contributed by atoms with Gasteiger partial charge in [0.25, 0.3) is 11.5 Å². The third-order valence-corrected chi connectivity index (χ3v) is 3.46. The van der Waals surface area contributed by atoms with E-state index in [1.54, 1.807) is 18.2 Å². The number of halogens is 1. The number of anilines is 1. The molecule has 2 N–H and O–H groups in total. The second-order valence-electron chi connectivity index (χ2n) is 5.43. The van der Waals surface area contributed by atoms with Crippen LogP contribution in [0.2, 0.25) is 0 Å². The van der Waals surface area contributed by atoms with Gasteiger partial charge in [0, 0.05) is 11.8 Å². The Kier molecular flexibility index (Phi) is 4.30. The van der Waals surface area contributed by atoms with Crippen molar-refractivity contribution in [2.45, 2.75) is 6.92 Å². The first-order chi connectivity index (χ1) is 11.9. The Balaban J connectivity index is 2.00. The summed E-state index contributed by atoms with van der Waals surface area (Å²) in [6.07, 6.45) is 0. The number of nitrogens with one attached hydrogen (secondary N) is 1. The lowest BCUT2D eigenvalue weighted by atomic mass is 10.2. The van der Waals surface area contributed by atoms with Crippen LogP contribution in [0, 0.1) is 12.7 Å². The van der Waals surface area contributed by atoms with Crippen molar-refractivity contribution in [2.75, 3.05) is 5.32 Å². The molecule has 126 valence electrons. The zero-order valence-corrected chi connectivity index (χ0v) is 13.2. The molecule has 0 saturated carbocycles. The van der Waals surface area contributed by atoms with Gasteiger partial charge in [-0.25, -0.2) is 4.39 Å². The third kappa shape index (κ3) is 3.55. The predicted molar refractivity (Wildman–Crippen MR) is 90.6 cm³/mol. The summed E-state index contributed by atoms with van der Waals surface area (Å²) in [5.41, 5.74) is 0.658. The number of hydrogen-bond acceptors (Lipinski definition) is 4. The lowest BCUT2D eigenvalue weighted by Gasteiger charge is -2.10. The number of nitrogens with zero attached hydrogens (tertiary/aromatic N) is 2. The number of carbonyl (C=O) groups is 1. The lowest BCUT2D eigenvalue weighted by molar-refractivity contribution is 0.101. The number of aromatic hydroxyl groups is 1. The van der Waals surface area contributed by atoms with E-state index in [0.29, 0.717) is 5.69 Å². The highest BCUT2D eigenvalue weighted by atomic mass is 19.1. The van der Waals surface area contributed by atoms with E-state index >= 15 is 0 Å². The molecule has 3 rings (SSSR count). The van der Waals surface area contributed by atoms with Crippen LogP contribution in [0.3, 0.4) is 0 Å². The monoisotopic (exact) mass is 339 g/mol. The second kappa shape index (κ2) is 6.56. The van der Waals surface area contributed by atoms with E-state index in [-0.39, 0.29) is 11.4 Å². The van der Waals surface area contributed by atoms with E-state index < -0.39 is 23.0 Å². The SMILES string of the molecule is Cc1cccc(-n2nc(C(=O)Nc3cccc(F)c3)c(O)cc2=O)c1. The molecule has 0 atom stereocenters. The maximum Gasteiger partial charge on any atom is 0.279 e. The van der Waals surface area contributed by atoms with Gasteiger partial charge in [-0.3, -0.25) is 9.59 Å². The smallest absolute Gasteiger partial charge is 0.279 e. The van der Waals surface area contributed by atoms with Gasteiger partial charge in [0.15, 0.2) is 11.4 Å². The molecule has 0 unspecified atom stereocenters. The number of amides is 1. The standard InChI is InChI=1S/C18H14FN3O3/c1-11-4-2-7-14(8-11)22-16(24)10-15(23)17(21-22)18(25)20-13-6-3-5-12(19)9-13/h2-10,23H,1H3,(H,20,25). The number of aromatic nitrogens is 2. The van der Waals surface area contributed by atoms with Crippen LogP contribution in [0.15, 0.2) is 59.4 Å². The highest BCUT2D eigenvalue weighted by molar-refractivity contribution is 6.04.